The molecular weight excluding hydrogens is 188 g/mol. The fourth-order valence-corrected chi connectivity index (χ4v) is 1.05. The van der Waals surface area contributed by atoms with Gasteiger partial charge >= 0.3 is 5.97 Å². The van der Waals surface area contributed by atoms with Gasteiger partial charge in [-0.1, -0.05) is 53.4 Å². The van der Waals surface area contributed by atoms with Crippen LogP contribution in [0.3, 0.4) is 0 Å². The summed E-state index contributed by atoms with van der Waals surface area (Å²) in [6, 6.07) is 0. The number of carbonyl (C=O) groups is 1. The van der Waals surface area contributed by atoms with Crippen molar-refractivity contribution in [2.45, 2.75) is 66.7 Å². The van der Waals surface area contributed by atoms with Gasteiger partial charge in [-0.05, 0) is 12.3 Å². The normalized spacial score (nSPS) is 9.47. The van der Waals surface area contributed by atoms with Crippen LogP contribution in [0.25, 0.3) is 0 Å². The molecule has 0 aliphatic heterocycles. The van der Waals surface area contributed by atoms with Crippen LogP contribution in [0.5, 0.6) is 0 Å². The quantitative estimate of drug-likeness (QED) is 0.492. The van der Waals surface area contributed by atoms with Gasteiger partial charge in [0.05, 0.1) is 6.61 Å². The number of ether oxygens (including phenoxy) is 1. The molecule has 0 atom stereocenters. The molecule has 0 aromatic heterocycles. The van der Waals surface area contributed by atoms with Crippen LogP contribution < -0.4 is 0 Å². The molecule has 0 rings (SSSR count). The van der Waals surface area contributed by atoms with Crippen LogP contribution in [0.15, 0.2) is 0 Å². The second-order valence-corrected chi connectivity index (χ2v) is 4.23. The van der Waals surface area contributed by atoms with Gasteiger partial charge in [0.25, 0.3) is 0 Å². The number of unbranched alkanes of at least 4 members (excludes halogenated alkanes) is 2. The van der Waals surface area contributed by atoms with E-state index >= 15 is 0 Å². The van der Waals surface area contributed by atoms with Crippen molar-refractivity contribution in [3.05, 3.63) is 0 Å². The molecule has 0 aliphatic carbocycles. The molecule has 92 valence electrons. The van der Waals surface area contributed by atoms with Crippen LogP contribution in [-0.2, 0) is 9.53 Å². The monoisotopic (exact) mass is 216 g/mol. The van der Waals surface area contributed by atoms with Crippen LogP contribution in [0.4, 0.5) is 0 Å². The van der Waals surface area contributed by atoms with Crippen molar-refractivity contribution in [2.24, 2.45) is 5.92 Å². The average molecular weight is 216 g/mol. The first kappa shape index (κ1) is 16.9. The fourth-order valence-electron chi connectivity index (χ4n) is 1.05. The number of esters is 1. The van der Waals surface area contributed by atoms with Crippen molar-refractivity contribution in [3.8, 4) is 0 Å². The van der Waals surface area contributed by atoms with Crippen LogP contribution in [0, 0.1) is 5.92 Å². The second-order valence-electron chi connectivity index (χ2n) is 4.23. The zero-order chi connectivity index (χ0) is 12.1. The average Bonchev–Trinajstić information content (AvgIpc) is 2.15. The van der Waals surface area contributed by atoms with E-state index in [9.17, 15) is 4.79 Å². The van der Waals surface area contributed by atoms with Gasteiger partial charge in [-0.15, -0.1) is 0 Å². The van der Waals surface area contributed by atoms with Crippen molar-refractivity contribution in [1.82, 2.24) is 0 Å². The third kappa shape index (κ3) is 24.7. The van der Waals surface area contributed by atoms with Gasteiger partial charge in [-0.3, -0.25) is 4.79 Å². The lowest BCUT2D eigenvalue weighted by Crippen LogP contribution is -1.98. The smallest absolute Gasteiger partial charge is 0.302 e. The lowest BCUT2D eigenvalue weighted by Gasteiger charge is -2.00. The van der Waals surface area contributed by atoms with E-state index in [1.54, 1.807) is 0 Å². The molecule has 0 spiro atoms. The van der Waals surface area contributed by atoms with Gasteiger partial charge in [-0.25, -0.2) is 0 Å². The maximum absolute atomic E-state index is 9.98. The summed E-state index contributed by atoms with van der Waals surface area (Å²) in [5, 5.41) is 0. The number of carbonyl (C=O) groups excluding carboxylic acids is 1. The summed E-state index contributed by atoms with van der Waals surface area (Å²) in [6.45, 7) is 10.7. The summed E-state index contributed by atoms with van der Waals surface area (Å²) in [5.41, 5.74) is 0. The van der Waals surface area contributed by atoms with E-state index in [1.165, 1.54) is 32.6 Å². The lowest BCUT2D eigenvalue weighted by atomic mass is 10.1. The minimum absolute atomic E-state index is 0.193. The summed E-state index contributed by atoms with van der Waals surface area (Å²) in [5.74, 6) is 0.711. The molecular formula is C13H28O2. The third-order valence-electron chi connectivity index (χ3n) is 1.89. The Morgan fingerprint density at radius 1 is 1.13 bits per heavy atom. The molecule has 0 saturated heterocycles. The summed E-state index contributed by atoms with van der Waals surface area (Å²) in [4.78, 5) is 9.98. The second kappa shape index (κ2) is 13.5. The molecule has 0 aliphatic rings. The van der Waals surface area contributed by atoms with Gasteiger partial charge in [0.15, 0.2) is 0 Å². The summed E-state index contributed by atoms with van der Waals surface area (Å²) >= 11 is 0. The largest absolute Gasteiger partial charge is 0.466 e. The molecule has 0 unspecified atom stereocenters. The first-order valence-corrected chi connectivity index (χ1v) is 6.17. The van der Waals surface area contributed by atoms with Crippen LogP contribution in [-0.4, -0.2) is 12.6 Å². The highest BCUT2D eigenvalue weighted by molar-refractivity contribution is 5.65. The minimum Gasteiger partial charge on any atom is -0.466 e. The van der Waals surface area contributed by atoms with E-state index < -0.39 is 0 Å². The Bertz CT molecular complexity index is 130. The third-order valence-corrected chi connectivity index (χ3v) is 1.89. The topological polar surface area (TPSA) is 26.3 Å². The molecule has 15 heavy (non-hydrogen) atoms. The summed E-state index contributed by atoms with van der Waals surface area (Å²) < 4.78 is 4.55. The first-order valence-electron chi connectivity index (χ1n) is 6.17. The molecule has 0 bridgehead atoms. The van der Waals surface area contributed by atoms with E-state index in [-0.39, 0.29) is 5.97 Å². The predicted octanol–water partition coefficient (Wildman–Crippen LogP) is 4.18. The van der Waals surface area contributed by atoms with Crippen molar-refractivity contribution in [2.75, 3.05) is 6.61 Å². The maximum Gasteiger partial charge on any atom is 0.302 e. The Balaban J connectivity index is 0. The molecule has 0 aromatic carbocycles. The van der Waals surface area contributed by atoms with Crippen LogP contribution in [0.1, 0.15) is 66.7 Å². The molecule has 0 aromatic rings. The van der Waals surface area contributed by atoms with Crippen molar-refractivity contribution < 1.29 is 9.53 Å². The zero-order valence-electron chi connectivity index (χ0n) is 11.1. The Kier molecular flexibility index (Phi) is 15.2. The molecule has 2 nitrogen and oxygen atoms in total. The van der Waals surface area contributed by atoms with Gasteiger partial charge in [0.2, 0.25) is 0 Å². The molecule has 0 heterocycles. The van der Waals surface area contributed by atoms with Gasteiger partial charge < -0.3 is 4.74 Å². The van der Waals surface area contributed by atoms with E-state index in [0.29, 0.717) is 6.61 Å². The number of hydrogen-bond donors (Lipinski definition) is 0. The van der Waals surface area contributed by atoms with Crippen molar-refractivity contribution in [1.29, 1.82) is 0 Å². The van der Waals surface area contributed by atoms with Gasteiger partial charge in [-0.2, -0.15) is 0 Å². The highest BCUT2D eigenvalue weighted by Gasteiger charge is 1.90. The number of hydrogen-bond acceptors (Lipinski definition) is 2. The van der Waals surface area contributed by atoms with E-state index in [4.69, 9.17) is 0 Å². The molecule has 0 radical (unpaired) electrons. The Morgan fingerprint density at radius 3 is 2.00 bits per heavy atom. The zero-order valence-corrected chi connectivity index (χ0v) is 11.1. The van der Waals surface area contributed by atoms with Crippen LogP contribution >= 0.6 is 0 Å². The summed E-state index contributed by atoms with van der Waals surface area (Å²) in [6.07, 6.45) is 6.51. The van der Waals surface area contributed by atoms with Crippen molar-refractivity contribution in [3.63, 3.8) is 0 Å². The molecule has 0 fully saturated rings. The first-order chi connectivity index (χ1) is 7.04. The van der Waals surface area contributed by atoms with Crippen LogP contribution in [0.2, 0.25) is 0 Å². The molecule has 0 amide bonds. The molecule has 0 saturated carbocycles. The molecule has 0 N–H and O–H groups in total. The SMILES string of the molecule is CCCCCC(C)C.CCCOC(C)=O. The van der Waals surface area contributed by atoms with E-state index in [2.05, 4.69) is 25.5 Å². The Labute approximate surface area is 95.4 Å². The maximum atomic E-state index is 9.98. The fraction of sp³-hybridized carbons (Fsp3) is 0.923. The minimum atomic E-state index is -0.193. The Morgan fingerprint density at radius 2 is 1.73 bits per heavy atom. The van der Waals surface area contributed by atoms with E-state index in [0.717, 1.165) is 12.3 Å². The lowest BCUT2D eigenvalue weighted by molar-refractivity contribution is -0.140. The standard InChI is InChI=1S/C8H18.C5H10O2/c1-4-5-6-7-8(2)3;1-3-4-7-5(2)6/h8H,4-7H2,1-3H3;3-4H2,1-2H3. The van der Waals surface area contributed by atoms with Gasteiger partial charge in [0.1, 0.15) is 0 Å². The van der Waals surface area contributed by atoms with Crippen molar-refractivity contribution >= 4 is 5.97 Å². The predicted molar refractivity (Wildman–Crippen MR) is 65.9 cm³/mol. The Hall–Kier alpha value is -0.530. The highest BCUT2D eigenvalue weighted by atomic mass is 16.5. The highest BCUT2D eigenvalue weighted by Crippen LogP contribution is 2.06. The van der Waals surface area contributed by atoms with E-state index in [1.807, 2.05) is 6.92 Å². The molecule has 2 heteroatoms. The summed E-state index contributed by atoms with van der Waals surface area (Å²) in [7, 11) is 0. The van der Waals surface area contributed by atoms with Gasteiger partial charge in [0, 0.05) is 6.92 Å². The number of rotatable bonds is 6.